The average Bonchev–Trinajstić information content (AvgIpc) is 2.84. The molecule has 0 saturated carbocycles. The lowest BCUT2D eigenvalue weighted by atomic mass is 10.0. The van der Waals surface area contributed by atoms with E-state index >= 15 is 0 Å². The van der Waals surface area contributed by atoms with Gasteiger partial charge in [-0.15, -0.1) is 4.73 Å². The van der Waals surface area contributed by atoms with Crippen LogP contribution >= 0.6 is 0 Å². The molecule has 0 saturated heterocycles. The fraction of sp³-hybridized carbons (Fsp3) is 0.690. The van der Waals surface area contributed by atoms with E-state index in [1.165, 1.54) is 57.8 Å². The summed E-state index contributed by atoms with van der Waals surface area (Å²) in [5.74, 6) is 1.05. The van der Waals surface area contributed by atoms with E-state index in [0.29, 0.717) is 30.4 Å². The standard InChI is InChI=1S/C29H47NO3/c1-4-7-10-13-14-15-21-26-25-20-16-17-22-27(25)30(31)29(33-24-19-12-9-6-3)28(26)32-23-18-11-8-5-2/h16-17,20,22H,4-15,18-19,21,23-24H2,1-3H3. The van der Waals surface area contributed by atoms with Gasteiger partial charge in [0.1, 0.15) is 0 Å². The molecule has 0 spiro atoms. The van der Waals surface area contributed by atoms with Crippen LogP contribution in [-0.2, 0) is 6.42 Å². The van der Waals surface area contributed by atoms with Crippen molar-refractivity contribution in [2.24, 2.45) is 0 Å². The molecule has 1 heterocycles. The molecule has 0 atom stereocenters. The zero-order valence-electron chi connectivity index (χ0n) is 21.5. The Morgan fingerprint density at radius 1 is 0.667 bits per heavy atom. The van der Waals surface area contributed by atoms with E-state index in [1.807, 2.05) is 18.2 Å². The van der Waals surface area contributed by atoms with Crippen molar-refractivity contribution in [2.45, 2.75) is 117 Å². The second-order valence-corrected chi connectivity index (χ2v) is 9.26. The summed E-state index contributed by atoms with van der Waals surface area (Å²) < 4.78 is 13.4. The molecule has 0 amide bonds. The van der Waals surface area contributed by atoms with Crippen LogP contribution in [0.4, 0.5) is 0 Å². The van der Waals surface area contributed by atoms with Gasteiger partial charge in [-0.2, -0.15) is 0 Å². The van der Waals surface area contributed by atoms with Crippen LogP contribution in [-0.4, -0.2) is 13.2 Å². The maximum atomic E-state index is 13.3. The molecule has 4 heteroatoms. The zero-order chi connectivity index (χ0) is 23.7. The number of para-hydroxylation sites is 1. The van der Waals surface area contributed by atoms with Crippen molar-refractivity contribution in [2.75, 3.05) is 13.2 Å². The number of ether oxygens (including phenoxy) is 2. The molecule has 0 fully saturated rings. The summed E-state index contributed by atoms with van der Waals surface area (Å²) in [5.41, 5.74) is 1.83. The Morgan fingerprint density at radius 2 is 1.21 bits per heavy atom. The molecule has 0 aliphatic carbocycles. The Hall–Kier alpha value is -1.97. The molecule has 2 rings (SSSR count). The molecule has 0 aliphatic heterocycles. The molecule has 1 aromatic carbocycles. The summed E-state index contributed by atoms with van der Waals surface area (Å²) in [6.45, 7) is 7.86. The number of fused-ring (bicyclic) bond motifs is 1. The minimum atomic E-state index is 0.363. The third-order valence-electron chi connectivity index (χ3n) is 6.36. The Balaban J connectivity index is 2.26. The SMILES string of the molecule is CCCCCCCCc1c(OCCCCCC)c(OCCCCCC)[n+]([O-])c2ccccc12. The predicted octanol–water partition coefficient (Wildman–Crippen LogP) is 8.29. The zero-order valence-corrected chi connectivity index (χ0v) is 21.5. The van der Waals surface area contributed by atoms with Crippen LogP contribution in [0.15, 0.2) is 24.3 Å². The van der Waals surface area contributed by atoms with Crippen molar-refractivity contribution >= 4 is 10.9 Å². The molecule has 186 valence electrons. The fourth-order valence-corrected chi connectivity index (χ4v) is 4.36. The maximum Gasteiger partial charge on any atom is 0.423 e. The monoisotopic (exact) mass is 457 g/mol. The molecule has 2 aromatic rings. The summed E-state index contributed by atoms with van der Waals surface area (Å²) in [6.07, 6.45) is 17.4. The first-order valence-electron chi connectivity index (χ1n) is 13.7. The van der Waals surface area contributed by atoms with Gasteiger partial charge in [0, 0.05) is 11.6 Å². The van der Waals surface area contributed by atoms with E-state index < -0.39 is 0 Å². The van der Waals surface area contributed by atoms with Crippen molar-refractivity contribution in [3.05, 3.63) is 35.0 Å². The quantitative estimate of drug-likeness (QED) is 0.121. The molecule has 0 aliphatic rings. The van der Waals surface area contributed by atoms with Gasteiger partial charge in [0.15, 0.2) is 0 Å². The predicted molar refractivity (Wildman–Crippen MR) is 139 cm³/mol. The lowest BCUT2D eigenvalue weighted by Gasteiger charge is -2.18. The van der Waals surface area contributed by atoms with Gasteiger partial charge in [-0.1, -0.05) is 104 Å². The Kier molecular flexibility index (Phi) is 13.7. The number of aryl methyl sites for hydroxylation is 1. The van der Waals surface area contributed by atoms with E-state index in [2.05, 4.69) is 26.8 Å². The molecule has 1 aromatic heterocycles. The number of rotatable bonds is 19. The molecule has 0 bridgehead atoms. The lowest BCUT2D eigenvalue weighted by Crippen LogP contribution is -2.32. The van der Waals surface area contributed by atoms with Gasteiger partial charge >= 0.3 is 5.88 Å². The van der Waals surface area contributed by atoms with Crippen LogP contribution in [0.3, 0.4) is 0 Å². The fourth-order valence-electron chi connectivity index (χ4n) is 4.36. The Morgan fingerprint density at radius 3 is 1.88 bits per heavy atom. The molecule has 33 heavy (non-hydrogen) atoms. The summed E-state index contributed by atoms with van der Waals surface area (Å²) in [4.78, 5) is 0. The highest BCUT2D eigenvalue weighted by Gasteiger charge is 2.26. The van der Waals surface area contributed by atoms with Gasteiger partial charge in [0.2, 0.25) is 11.3 Å². The third kappa shape index (κ3) is 9.06. The molecule has 0 radical (unpaired) electrons. The van der Waals surface area contributed by atoms with Gasteiger partial charge in [-0.3, -0.25) is 0 Å². The third-order valence-corrected chi connectivity index (χ3v) is 6.36. The highest BCUT2D eigenvalue weighted by atomic mass is 16.6. The molecular weight excluding hydrogens is 410 g/mol. The van der Waals surface area contributed by atoms with E-state index in [9.17, 15) is 5.21 Å². The van der Waals surface area contributed by atoms with Gasteiger partial charge < -0.3 is 14.7 Å². The van der Waals surface area contributed by atoms with Crippen molar-refractivity contribution < 1.29 is 14.2 Å². The van der Waals surface area contributed by atoms with Crippen LogP contribution in [0.2, 0.25) is 0 Å². The van der Waals surface area contributed by atoms with E-state index in [-0.39, 0.29) is 0 Å². The van der Waals surface area contributed by atoms with Gasteiger partial charge in [0.25, 0.3) is 0 Å². The minimum absolute atomic E-state index is 0.363. The first kappa shape index (κ1) is 27.3. The van der Waals surface area contributed by atoms with Crippen molar-refractivity contribution in [1.82, 2.24) is 0 Å². The van der Waals surface area contributed by atoms with Crippen LogP contribution in [0.1, 0.15) is 116 Å². The van der Waals surface area contributed by atoms with Crippen molar-refractivity contribution in [3.63, 3.8) is 0 Å². The number of nitrogens with zero attached hydrogens (tertiary/aromatic N) is 1. The highest BCUT2D eigenvalue weighted by Crippen LogP contribution is 2.35. The first-order valence-corrected chi connectivity index (χ1v) is 13.7. The number of benzene rings is 1. The van der Waals surface area contributed by atoms with E-state index in [1.54, 1.807) is 0 Å². The van der Waals surface area contributed by atoms with Gasteiger partial charge in [-0.25, -0.2) is 0 Å². The van der Waals surface area contributed by atoms with E-state index in [4.69, 9.17) is 9.47 Å². The second-order valence-electron chi connectivity index (χ2n) is 9.26. The second kappa shape index (κ2) is 16.6. The molecule has 4 nitrogen and oxygen atoms in total. The van der Waals surface area contributed by atoms with Crippen molar-refractivity contribution in [1.29, 1.82) is 0 Å². The molecular formula is C29H47NO3. The highest BCUT2D eigenvalue weighted by molar-refractivity contribution is 5.82. The summed E-state index contributed by atoms with van der Waals surface area (Å²) in [5, 5.41) is 14.3. The number of pyridine rings is 1. The van der Waals surface area contributed by atoms with Crippen LogP contribution in [0.5, 0.6) is 11.6 Å². The van der Waals surface area contributed by atoms with E-state index in [0.717, 1.165) is 54.2 Å². The number of unbranched alkanes of at least 4 members (excludes halogenated alkanes) is 11. The Bertz CT molecular complexity index is 790. The smallest absolute Gasteiger partial charge is 0.423 e. The normalized spacial score (nSPS) is 11.2. The average molecular weight is 458 g/mol. The minimum Gasteiger partial charge on any atom is -0.615 e. The van der Waals surface area contributed by atoms with Gasteiger partial charge in [0.05, 0.1) is 18.6 Å². The summed E-state index contributed by atoms with van der Waals surface area (Å²) in [7, 11) is 0. The Labute approximate surface area is 202 Å². The van der Waals surface area contributed by atoms with Crippen LogP contribution in [0, 0.1) is 5.21 Å². The summed E-state index contributed by atoms with van der Waals surface area (Å²) in [6, 6.07) is 7.91. The van der Waals surface area contributed by atoms with Crippen molar-refractivity contribution in [3.8, 4) is 11.6 Å². The van der Waals surface area contributed by atoms with Crippen LogP contribution < -0.4 is 14.2 Å². The van der Waals surface area contributed by atoms with Crippen LogP contribution in [0.25, 0.3) is 10.9 Å². The largest absolute Gasteiger partial charge is 0.615 e. The van der Waals surface area contributed by atoms with Gasteiger partial charge in [-0.05, 0) is 31.7 Å². The topological polar surface area (TPSA) is 45.4 Å². The first-order chi connectivity index (χ1) is 16.2. The maximum absolute atomic E-state index is 13.3. The number of aromatic nitrogens is 1. The summed E-state index contributed by atoms with van der Waals surface area (Å²) >= 11 is 0. The molecule has 0 N–H and O–H groups in total. The lowest BCUT2D eigenvalue weighted by molar-refractivity contribution is -0.585. The number of hydrogen-bond acceptors (Lipinski definition) is 3. The molecule has 0 unspecified atom stereocenters. The number of hydrogen-bond donors (Lipinski definition) is 0.